The third kappa shape index (κ3) is 6.16. The Morgan fingerprint density at radius 1 is 1.36 bits per heavy atom. The number of fused-ring (bicyclic) bond motifs is 1. The summed E-state index contributed by atoms with van der Waals surface area (Å²) >= 11 is 1.44. The number of ether oxygens (including phenoxy) is 1. The molecule has 1 aliphatic rings. The van der Waals surface area contributed by atoms with E-state index in [1.165, 1.54) is 21.8 Å². The predicted octanol–water partition coefficient (Wildman–Crippen LogP) is 2.90. The van der Waals surface area contributed by atoms with E-state index >= 15 is 0 Å². The van der Waals surface area contributed by atoms with Crippen LogP contribution in [0.5, 0.6) is 0 Å². The van der Waals surface area contributed by atoms with Crippen LogP contribution in [0.4, 0.5) is 4.79 Å². The van der Waals surface area contributed by atoms with E-state index in [0.29, 0.717) is 23.3 Å². The van der Waals surface area contributed by atoms with E-state index in [0.717, 1.165) is 25.7 Å². The second kappa shape index (κ2) is 8.99. The van der Waals surface area contributed by atoms with Gasteiger partial charge < -0.3 is 10.1 Å². The van der Waals surface area contributed by atoms with E-state index in [1.807, 2.05) is 19.9 Å². The summed E-state index contributed by atoms with van der Waals surface area (Å²) in [7, 11) is 0. The van der Waals surface area contributed by atoms with Gasteiger partial charge in [-0.25, -0.2) is 9.59 Å². The number of amides is 3. The molecule has 0 radical (unpaired) electrons. The van der Waals surface area contributed by atoms with Gasteiger partial charge in [0.15, 0.2) is 6.61 Å². The van der Waals surface area contributed by atoms with Crippen LogP contribution in [0, 0.1) is 11.8 Å². The molecule has 0 spiro atoms. The normalized spacial score (nSPS) is 16.2. The molecule has 0 aromatic carbocycles. The number of nitrogens with one attached hydrogen (secondary N) is 2. The molecule has 1 aromatic rings. The monoisotopic (exact) mass is 366 g/mol. The van der Waals surface area contributed by atoms with Crippen LogP contribution >= 0.6 is 11.3 Å². The number of carbonyl (C=O) groups is 3. The Morgan fingerprint density at radius 3 is 2.84 bits per heavy atom. The highest BCUT2D eigenvalue weighted by Gasteiger charge is 2.22. The van der Waals surface area contributed by atoms with Gasteiger partial charge in [0.1, 0.15) is 4.88 Å². The zero-order chi connectivity index (χ0) is 18.4. The molecule has 138 valence electrons. The summed E-state index contributed by atoms with van der Waals surface area (Å²) in [6.45, 7) is 6.33. The maximum Gasteiger partial charge on any atom is 0.348 e. The van der Waals surface area contributed by atoms with Gasteiger partial charge in [-0.05, 0) is 49.1 Å². The predicted molar refractivity (Wildman–Crippen MR) is 96.8 cm³/mol. The molecule has 1 heterocycles. The van der Waals surface area contributed by atoms with Crippen LogP contribution in [0.2, 0.25) is 0 Å². The van der Waals surface area contributed by atoms with Crippen molar-refractivity contribution >= 4 is 29.2 Å². The van der Waals surface area contributed by atoms with Crippen LogP contribution in [-0.2, 0) is 22.4 Å². The average molecular weight is 366 g/mol. The Morgan fingerprint density at radius 2 is 2.12 bits per heavy atom. The minimum absolute atomic E-state index is 0.463. The third-order valence-electron chi connectivity index (χ3n) is 4.12. The van der Waals surface area contributed by atoms with Gasteiger partial charge >= 0.3 is 12.0 Å². The fourth-order valence-corrected chi connectivity index (χ4v) is 3.79. The first-order chi connectivity index (χ1) is 11.8. The van der Waals surface area contributed by atoms with Crippen molar-refractivity contribution in [3.05, 3.63) is 21.4 Å². The van der Waals surface area contributed by atoms with Gasteiger partial charge in [0.25, 0.3) is 5.91 Å². The second-order valence-electron chi connectivity index (χ2n) is 6.97. The van der Waals surface area contributed by atoms with Crippen LogP contribution in [0.25, 0.3) is 0 Å². The number of rotatable bonds is 6. The molecule has 0 bridgehead atoms. The molecule has 0 saturated carbocycles. The van der Waals surface area contributed by atoms with Gasteiger partial charge in [-0.15, -0.1) is 11.3 Å². The second-order valence-corrected chi connectivity index (χ2v) is 8.11. The number of hydrogen-bond acceptors (Lipinski definition) is 5. The summed E-state index contributed by atoms with van der Waals surface area (Å²) in [5.74, 6) is -0.0460. The van der Waals surface area contributed by atoms with Crippen LogP contribution in [0.3, 0.4) is 0 Å². The molecule has 0 fully saturated rings. The van der Waals surface area contributed by atoms with Crippen molar-refractivity contribution in [3.63, 3.8) is 0 Å². The van der Waals surface area contributed by atoms with Crippen LogP contribution in [-0.4, -0.2) is 31.1 Å². The van der Waals surface area contributed by atoms with Crippen molar-refractivity contribution in [1.82, 2.24) is 10.6 Å². The molecule has 1 atom stereocenters. The van der Waals surface area contributed by atoms with Gasteiger partial charge in [0.05, 0.1) is 0 Å². The lowest BCUT2D eigenvalue weighted by Gasteiger charge is -2.16. The topological polar surface area (TPSA) is 84.5 Å². The van der Waals surface area contributed by atoms with Crippen LogP contribution < -0.4 is 10.6 Å². The van der Waals surface area contributed by atoms with E-state index < -0.39 is 24.5 Å². The minimum Gasteiger partial charge on any atom is -0.451 e. The first-order valence-corrected chi connectivity index (χ1v) is 9.53. The highest BCUT2D eigenvalue weighted by Crippen LogP contribution is 2.32. The highest BCUT2D eigenvalue weighted by molar-refractivity contribution is 7.14. The van der Waals surface area contributed by atoms with Gasteiger partial charge in [-0.3, -0.25) is 10.1 Å². The summed E-state index contributed by atoms with van der Waals surface area (Å²) in [6.07, 6.45) is 3.94. The van der Waals surface area contributed by atoms with Crippen molar-refractivity contribution < 1.29 is 19.1 Å². The Bertz CT molecular complexity index is 639. The lowest BCUT2D eigenvalue weighted by molar-refractivity contribution is -0.123. The SMILES string of the molecule is CC(C)CCNC(=O)NC(=O)COC(=O)c1cc2c(s1)CCC(C)C2. The molecule has 1 aliphatic carbocycles. The van der Waals surface area contributed by atoms with E-state index in [2.05, 4.69) is 17.6 Å². The van der Waals surface area contributed by atoms with Crippen LogP contribution in [0.15, 0.2) is 6.07 Å². The molecule has 0 saturated heterocycles. The highest BCUT2D eigenvalue weighted by atomic mass is 32.1. The Balaban J connectivity index is 1.74. The molecule has 7 heteroatoms. The molecule has 6 nitrogen and oxygen atoms in total. The van der Waals surface area contributed by atoms with Gasteiger partial charge in [-0.1, -0.05) is 20.8 Å². The molecular formula is C18H26N2O4S. The molecule has 2 N–H and O–H groups in total. The molecule has 2 rings (SSSR count). The maximum absolute atomic E-state index is 12.1. The van der Waals surface area contributed by atoms with Crippen molar-refractivity contribution in [2.24, 2.45) is 11.8 Å². The molecule has 25 heavy (non-hydrogen) atoms. The Labute approximate surface area is 152 Å². The standard InChI is InChI=1S/C18H26N2O4S/c1-11(2)6-7-19-18(23)20-16(21)10-24-17(22)15-9-13-8-12(3)4-5-14(13)25-15/h9,11-12H,4-8,10H2,1-3H3,(H2,19,20,21,23). The van der Waals surface area contributed by atoms with E-state index in [1.54, 1.807) is 0 Å². The van der Waals surface area contributed by atoms with Crippen molar-refractivity contribution in [1.29, 1.82) is 0 Å². The number of urea groups is 1. The zero-order valence-corrected chi connectivity index (χ0v) is 15.8. The smallest absolute Gasteiger partial charge is 0.348 e. The minimum atomic E-state index is -0.634. The van der Waals surface area contributed by atoms with E-state index in [9.17, 15) is 14.4 Å². The van der Waals surface area contributed by atoms with Crippen LogP contribution in [0.1, 0.15) is 53.7 Å². The summed E-state index contributed by atoms with van der Waals surface area (Å²) in [4.78, 5) is 37.1. The van der Waals surface area contributed by atoms with Crippen molar-refractivity contribution in [2.45, 2.75) is 46.5 Å². The largest absolute Gasteiger partial charge is 0.451 e. The maximum atomic E-state index is 12.1. The summed E-state index contributed by atoms with van der Waals surface area (Å²) in [5, 5.41) is 4.74. The lowest BCUT2D eigenvalue weighted by Crippen LogP contribution is -2.41. The van der Waals surface area contributed by atoms with E-state index in [4.69, 9.17) is 4.74 Å². The summed E-state index contributed by atoms with van der Waals surface area (Å²) in [6, 6.07) is 1.30. The fourth-order valence-electron chi connectivity index (χ4n) is 2.69. The number of imide groups is 1. The number of carbonyl (C=O) groups excluding carboxylic acids is 3. The molecule has 0 aliphatic heterocycles. The number of esters is 1. The van der Waals surface area contributed by atoms with Gasteiger partial charge in [-0.2, -0.15) is 0 Å². The molecule has 1 aromatic heterocycles. The molecule has 1 unspecified atom stereocenters. The first kappa shape index (κ1) is 19.4. The van der Waals surface area contributed by atoms with E-state index in [-0.39, 0.29) is 0 Å². The van der Waals surface area contributed by atoms with Gasteiger partial charge in [0.2, 0.25) is 0 Å². The molecule has 3 amide bonds. The fraction of sp³-hybridized carbons (Fsp3) is 0.611. The molecular weight excluding hydrogens is 340 g/mol. The Hall–Kier alpha value is -1.89. The van der Waals surface area contributed by atoms with Crippen molar-refractivity contribution in [3.8, 4) is 0 Å². The quantitative estimate of drug-likeness (QED) is 0.758. The summed E-state index contributed by atoms with van der Waals surface area (Å²) < 4.78 is 5.02. The average Bonchev–Trinajstić information content (AvgIpc) is 2.95. The Kier molecular flexibility index (Phi) is 6.99. The van der Waals surface area contributed by atoms with Crippen molar-refractivity contribution in [2.75, 3.05) is 13.2 Å². The number of thiophene rings is 1. The third-order valence-corrected chi connectivity index (χ3v) is 5.34. The number of hydrogen-bond donors (Lipinski definition) is 2. The van der Waals surface area contributed by atoms with Gasteiger partial charge in [0, 0.05) is 11.4 Å². The number of aryl methyl sites for hydroxylation is 1. The zero-order valence-electron chi connectivity index (χ0n) is 15.0. The summed E-state index contributed by atoms with van der Waals surface area (Å²) in [5.41, 5.74) is 1.21. The first-order valence-electron chi connectivity index (χ1n) is 8.71. The lowest BCUT2D eigenvalue weighted by atomic mass is 9.90.